The fourth-order valence-electron chi connectivity index (χ4n) is 3.61. The Morgan fingerprint density at radius 2 is 2.00 bits per heavy atom. The summed E-state index contributed by atoms with van der Waals surface area (Å²) in [6, 6.07) is 11.4. The number of halogens is 2. The van der Waals surface area contributed by atoms with Crippen LogP contribution in [0.5, 0.6) is 0 Å². The smallest absolute Gasteiger partial charge is 0.248 e. The highest BCUT2D eigenvalue weighted by atomic mass is 32.1. The lowest BCUT2D eigenvalue weighted by Crippen LogP contribution is -2.38. The number of oxazole rings is 1. The minimum atomic E-state index is -2.63. The van der Waals surface area contributed by atoms with E-state index in [0.29, 0.717) is 16.4 Å². The fraction of sp³-hybridized carbons (Fsp3) is 0.300. The van der Waals surface area contributed by atoms with Gasteiger partial charge in [-0.15, -0.1) is 11.3 Å². The molecule has 1 aliphatic carbocycles. The normalized spacial score (nSPS) is 18.1. The van der Waals surface area contributed by atoms with Gasteiger partial charge in [-0.3, -0.25) is 0 Å². The summed E-state index contributed by atoms with van der Waals surface area (Å²) in [4.78, 5) is 10.5. The predicted octanol–water partition coefficient (Wildman–Crippen LogP) is 5.49. The number of nitrogens with zero attached hydrogens (tertiary/aromatic N) is 2. The van der Waals surface area contributed by atoms with E-state index in [4.69, 9.17) is 9.40 Å². The van der Waals surface area contributed by atoms with E-state index >= 15 is 0 Å². The lowest BCUT2D eigenvalue weighted by atomic mass is 9.77. The Bertz CT molecular complexity index is 1160. The molecule has 0 spiro atoms. The molecule has 1 aliphatic rings. The molecule has 27 heavy (non-hydrogen) atoms. The number of alkyl halides is 2. The Morgan fingerprint density at radius 3 is 2.78 bits per heavy atom. The molecule has 5 rings (SSSR count). The highest BCUT2D eigenvalue weighted by Crippen LogP contribution is 2.49. The topological polar surface area (TPSA) is 59.2 Å². The molecule has 1 saturated carbocycles. The van der Waals surface area contributed by atoms with Crippen molar-refractivity contribution in [2.45, 2.75) is 31.8 Å². The Morgan fingerprint density at radius 1 is 1.19 bits per heavy atom. The molecule has 0 aliphatic heterocycles. The molecule has 1 N–H and O–H groups in total. The first-order valence-electron chi connectivity index (χ1n) is 8.72. The van der Waals surface area contributed by atoms with Crippen molar-refractivity contribution in [3.8, 4) is 11.3 Å². The second-order valence-electron chi connectivity index (χ2n) is 7.12. The van der Waals surface area contributed by atoms with Crippen LogP contribution in [0.3, 0.4) is 0 Å². The van der Waals surface area contributed by atoms with Gasteiger partial charge in [-0.25, -0.2) is 18.7 Å². The van der Waals surface area contributed by atoms with Crippen LogP contribution in [0.1, 0.15) is 29.7 Å². The van der Waals surface area contributed by atoms with Crippen LogP contribution in [0.25, 0.3) is 32.6 Å². The lowest BCUT2D eigenvalue weighted by Gasteiger charge is -2.37. The van der Waals surface area contributed by atoms with Crippen molar-refractivity contribution in [1.29, 1.82) is 0 Å². The van der Waals surface area contributed by atoms with Crippen LogP contribution in [0.2, 0.25) is 0 Å². The molecule has 0 saturated heterocycles. The third-order valence-electron chi connectivity index (χ3n) is 5.05. The van der Waals surface area contributed by atoms with Crippen molar-refractivity contribution in [3.05, 3.63) is 47.2 Å². The third-order valence-corrected chi connectivity index (χ3v) is 6.17. The zero-order valence-electron chi connectivity index (χ0n) is 14.4. The number of aromatic nitrogens is 2. The van der Waals surface area contributed by atoms with E-state index in [2.05, 4.69) is 4.98 Å². The van der Waals surface area contributed by atoms with Crippen molar-refractivity contribution in [1.82, 2.24) is 9.97 Å². The zero-order valence-corrected chi connectivity index (χ0v) is 15.3. The number of pyridine rings is 1. The van der Waals surface area contributed by atoms with Crippen LogP contribution >= 0.6 is 11.3 Å². The largest absolute Gasteiger partial charge is 0.441 e. The number of hydrogen-bond donors (Lipinski definition) is 1. The van der Waals surface area contributed by atoms with Crippen LogP contribution in [0.15, 0.2) is 40.8 Å². The third kappa shape index (κ3) is 2.91. The maximum Gasteiger partial charge on any atom is 0.248 e. The van der Waals surface area contributed by atoms with Gasteiger partial charge in [-0.2, -0.15) is 0 Å². The molecule has 0 amide bonds. The van der Waals surface area contributed by atoms with Crippen LogP contribution in [0, 0.1) is 12.8 Å². The molecule has 0 radical (unpaired) electrons. The molecule has 1 aromatic carbocycles. The van der Waals surface area contributed by atoms with Crippen LogP contribution in [-0.4, -0.2) is 21.0 Å². The van der Waals surface area contributed by atoms with Gasteiger partial charge in [0.1, 0.15) is 10.3 Å². The minimum Gasteiger partial charge on any atom is -0.441 e. The van der Waals surface area contributed by atoms with Gasteiger partial charge in [0.15, 0.2) is 11.5 Å². The van der Waals surface area contributed by atoms with Gasteiger partial charge in [0.05, 0.1) is 11.8 Å². The van der Waals surface area contributed by atoms with E-state index < -0.39 is 12.0 Å². The zero-order chi connectivity index (χ0) is 18.8. The molecule has 138 valence electrons. The first-order chi connectivity index (χ1) is 12.9. The number of aliphatic hydroxyl groups excluding tert-OH is 1. The van der Waals surface area contributed by atoms with Crippen LogP contribution in [-0.2, 0) is 0 Å². The van der Waals surface area contributed by atoms with E-state index in [1.165, 1.54) is 11.3 Å². The van der Waals surface area contributed by atoms with Gasteiger partial charge in [-0.1, -0.05) is 6.07 Å². The van der Waals surface area contributed by atoms with Crippen LogP contribution < -0.4 is 0 Å². The molecular weight excluding hydrogens is 370 g/mol. The van der Waals surface area contributed by atoms with Crippen molar-refractivity contribution < 1.29 is 18.3 Å². The van der Waals surface area contributed by atoms with E-state index in [1.54, 1.807) is 6.92 Å². The monoisotopic (exact) mass is 386 g/mol. The summed E-state index contributed by atoms with van der Waals surface area (Å²) in [6.45, 7) is 1.81. The second kappa shape index (κ2) is 5.81. The summed E-state index contributed by atoms with van der Waals surface area (Å²) in [5, 5.41) is 11.3. The molecule has 4 aromatic rings. The average molecular weight is 386 g/mol. The van der Waals surface area contributed by atoms with Crippen molar-refractivity contribution in [2.24, 2.45) is 5.92 Å². The Labute approximate surface area is 157 Å². The molecule has 3 heterocycles. The van der Waals surface area contributed by atoms with Crippen LogP contribution in [0.4, 0.5) is 8.78 Å². The molecule has 4 nitrogen and oxygen atoms in total. The summed E-state index contributed by atoms with van der Waals surface area (Å²) in [7, 11) is 0. The van der Waals surface area contributed by atoms with E-state index in [1.807, 2.05) is 36.4 Å². The van der Waals surface area contributed by atoms with E-state index in [-0.39, 0.29) is 18.8 Å². The second-order valence-corrected chi connectivity index (χ2v) is 8.19. The summed E-state index contributed by atoms with van der Waals surface area (Å²) in [5.74, 6) is -2.40. The number of rotatable bonds is 3. The van der Waals surface area contributed by atoms with E-state index in [0.717, 1.165) is 27.0 Å². The summed E-state index contributed by atoms with van der Waals surface area (Å²) in [5.41, 5.74) is 3.21. The maximum absolute atomic E-state index is 13.1. The average Bonchev–Trinajstić information content (AvgIpc) is 3.19. The Kier molecular flexibility index (Phi) is 3.61. The number of thiophene rings is 1. The quantitative estimate of drug-likeness (QED) is 0.506. The fourth-order valence-corrected chi connectivity index (χ4v) is 4.72. The summed E-state index contributed by atoms with van der Waals surface area (Å²) < 4.78 is 31.8. The SMILES string of the molecule is Cc1nc2ccc(-c3ccc4cc([C@H](O)C5CC(F)(F)C5)sc4n3)cc2o1. The Balaban J connectivity index is 1.47. The molecule has 0 bridgehead atoms. The summed E-state index contributed by atoms with van der Waals surface area (Å²) in [6.07, 6.45) is -1.36. The van der Waals surface area contributed by atoms with Gasteiger partial charge >= 0.3 is 0 Å². The number of aliphatic hydroxyl groups is 1. The first-order valence-corrected chi connectivity index (χ1v) is 9.54. The highest BCUT2D eigenvalue weighted by Gasteiger charge is 2.48. The van der Waals surface area contributed by atoms with Gasteiger partial charge in [0.25, 0.3) is 0 Å². The van der Waals surface area contributed by atoms with Crippen molar-refractivity contribution >= 4 is 32.7 Å². The number of hydrogen-bond acceptors (Lipinski definition) is 5. The number of fused-ring (bicyclic) bond motifs is 2. The van der Waals surface area contributed by atoms with Gasteiger partial charge in [0, 0.05) is 41.5 Å². The molecular formula is C20H16F2N2O2S. The van der Waals surface area contributed by atoms with Gasteiger partial charge < -0.3 is 9.52 Å². The lowest BCUT2D eigenvalue weighted by molar-refractivity contribution is -0.141. The summed E-state index contributed by atoms with van der Waals surface area (Å²) >= 11 is 1.36. The van der Waals surface area contributed by atoms with Crippen molar-refractivity contribution in [2.75, 3.05) is 0 Å². The Hall–Kier alpha value is -2.38. The van der Waals surface area contributed by atoms with Gasteiger partial charge in [0.2, 0.25) is 5.92 Å². The van der Waals surface area contributed by atoms with Crippen molar-refractivity contribution in [3.63, 3.8) is 0 Å². The van der Waals surface area contributed by atoms with E-state index in [9.17, 15) is 13.9 Å². The highest BCUT2D eigenvalue weighted by molar-refractivity contribution is 7.18. The molecule has 7 heteroatoms. The molecule has 0 unspecified atom stereocenters. The maximum atomic E-state index is 13.1. The minimum absolute atomic E-state index is 0.252. The standard InChI is InChI=1S/C20H16F2N2O2S/c1-10-23-15-5-2-11(6-16(15)26-10)14-4-3-12-7-17(27-19(12)24-14)18(25)13-8-20(21,22)9-13/h2-7,13,18,25H,8-9H2,1H3/t18-/m1/s1. The molecule has 1 fully saturated rings. The number of aryl methyl sites for hydroxylation is 1. The number of benzene rings is 1. The molecule has 1 atom stereocenters. The molecule has 3 aromatic heterocycles. The first kappa shape index (κ1) is 16.8. The predicted molar refractivity (Wildman–Crippen MR) is 100.0 cm³/mol. The van der Waals surface area contributed by atoms with Gasteiger partial charge in [-0.05, 0) is 30.3 Å².